The Balaban J connectivity index is 2.39. The molecular formula is C12H20Cl2N2S. The number of nitrogens with zero attached hydrogens (tertiary/aromatic N) is 1. The van der Waals surface area contributed by atoms with Gasteiger partial charge in [0.1, 0.15) is 0 Å². The van der Waals surface area contributed by atoms with Crippen molar-refractivity contribution in [3.05, 3.63) is 20.3 Å². The van der Waals surface area contributed by atoms with Crippen molar-refractivity contribution in [2.24, 2.45) is 0 Å². The first-order valence-electron chi connectivity index (χ1n) is 5.98. The molecule has 1 N–H and O–H groups in total. The molecule has 0 fully saturated rings. The van der Waals surface area contributed by atoms with Crippen LogP contribution in [0.5, 0.6) is 0 Å². The van der Waals surface area contributed by atoms with Crippen LogP contribution in [0.1, 0.15) is 32.4 Å². The molecular weight excluding hydrogens is 275 g/mol. The van der Waals surface area contributed by atoms with Gasteiger partial charge in [-0.1, -0.05) is 37.0 Å². The molecule has 0 aliphatic carbocycles. The van der Waals surface area contributed by atoms with E-state index in [-0.39, 0.29) is 6.04 Å². The zero-order valence-corrected chi connectivity index (χ0v) is 12.9. The van der Waals surface area contributed by atoms with E-state index in [1.54, 1.807) is 0 Å². The van der Waals surface area contributed by atoms with E-state index in [1.807, 2.05) is 6.07 Å². The predicted molar refractivity (Wildman–Crippen MR) is 78.5 cm³/mol. The first kappa shape index (κ1) is 15.3. The number of nitrogens with one attached hydrogen (secondary N) is 1. The van der Waals surface area contributed by atoms with Gasteiger partial charge < -0.3 is 10.2 Å². The summed E-state index contributed by atoms with van der Waals surface area (Å²) in [5.41, 5.74) is 1.10. The number of hydrogen-bond acceptors (Lipinski definition) is 3. The molecule has 0 saturated carbocycles. The second-order valence-corrected chi connectivity index (χ2v) is 6.27. The molecule has 0 aromatic carbocycles. The molecule has 0 radical (unpaired) electrons. The molecule has 2 nitrogen and oxygen atoms in total. The van der Waals surface area contributed by atoms with E-state index >= 15 is 0 Å². The highest BCUT2D eigenvalue weighted by Gasteiger charge is 2.12. The predicted octanol–water partition coefficient (Wildman–Crippen LogP) is 4.05. The second kappa shape index (κ2) is 7.59. The molecule has 1 unspecified atom stereocenters. The van der Waals surface area contributed by atoms with Crippen LogP contribution in [0.25, 0.3) is 0 Å². The van der Waals surface area contributed by atoms with E-state index in [4.69, 9.17) is 23.2 Å². The minimum Gasteiger partial charge on any atom is -0.309 e. The summed E-state index contributed by atoms with van der Waals surface area (Å²) in [6.45, 7) is 10.7. The molecule has 5 heteroatoms. The van der Waals surface area contributed by atoms with Crippen LogP contribution in [-0.2, 0) is 0 Å². The third kappa shape index (κ3) is 4.76. The van der Waals surface area contributed by atoms with Gasteiger partial charge in [0.05, 0.1) is 8.67 Å². The van der Waals surface area contributed by atoms with Gasteiger partial charge in [-0.2, -0.15) is 0 Å². The maximum Gasteiger partial charge on any atom is 0.0991 e. The van der Waals surface area contributed by atoms with Gasteiger partial charge in [-0.15, -0.1) is 11.3 Å². The van der Waals surface area contributed by atoms with E-state index in [2.05, 4.69) is 31.0 Å². The van der Waals surface area contributed by atoms with Gasteiger partial charge in [-0.3, -0.25) is 0 Å². The van der Waals surface area contributed by atoms with Gasteiger partial charge in [0.15, 0.2) is 0 Å². The van der Waals surface area contributed by atoms with E-state index in [0.717, 1.165) is 40.4 Å². The van der Waals surface area contributed by atoms with Gasteiger partial charge in [0.25, 0.3) is 0 Å². The summed E-state index contributed by atoms with van der Waals surface area (Å²) >= 11 is 13.5. The Bertz CT molecular complexity index is 337. The Morgan fingerprint density at radius 3 is 2.47 bits per heavy atom. The minimum absolute atomic E-state index is 0.252. The van der Waals surface area contributed by atoms with Crippen molar-refractivity contribution in [2.75, 3.05) is 26.2 Å². The number of hydrogen-bond donors (Lipinski definition) is 1. The third-order valence-corrected chi connectivity index (χ3v) is 4.44. The highest BCUT2D eigenvalue weighted by atomic mass is 35.5. The Morgan fingerprint density at radius 2 is 2.00 bits per heavy atom. The standard InChI is InChI=1S/C12H20Cl2N2S/c1-4-16(5-2)7-6-15-9(3)10-8-11(13)17-12(10)14/h8-9,15H,4-7H2,1-3H3. The molecule has 0 saturated heterocycles. The van der Waals surface area contributed by atoms with Gasteiger partial charge in [-0.25, -0.2) is 0 Å². The molecule has 1 atom stereocenters. The van der Waals surface area contributed by atoms with Crippen molar-refractivity contribution in [3.63, 3.8) is 0 Å². The Hall–Kier alpha value is 0.200. The maximum atomic E-state index is 6.12. The maximum absolute atomic E-state index is 6.12. The largest absolute Gasteiger partial charge is 0.309 e. The lowest BCUT2D eigenvalue weighted by atomic mass is 10.2. The normalized spacial score (nSPS) is 13.3. The monoisotopic (exact) mass is 294 g/mol. The smallest absolute Gasteiger partial charge is 0.0991 e. The fraction of sp³-hybridized carbons (Fsp3) is 0.667. The number of thiophene rings is 1. The summed E-state index contributed by atoms with van der Waals surface area (Å²) in [6, 6.07) is 2.20. The third-order valence-electron chi connectivity index (χ3n) is 2.92. The minimum atomic E-state index is 0.252. The number of rotatable bonds is 7. The fourth-order valence-electron chi connectivity index (χ4n) is 1.74. The van der Waals surface area contributed by atoms with Gasteiger partial charge >= 0.3 is 0 Å². The lowest BCUT2D eigenvalue weighted by Crippen LogP contribution is -2.32. The zero-order valence-electron chi connectivity index (χ0n) is 10.6. The Labute approximate surface area is 118 Å². The quantitative estimate of drug-likeness (QED) is 0.816. The SMILES string of the molecule is CCN(CC)CCNC(C)c1cc(Cl)sc1Cl. The molecule has 98 valence electrons. The Morgan fingerprint density at radius 1 is 1.35 bits per heavy atom. The van der Waals surface area contributed by atoms with Crippen LogP contribution in [-0.4, -0.2) is 31.1 Å². The van der Waals surface area contributed by atoms with E-state index in [0.29, 0.717) is 0 Å². The van der Waals surface area contributed by atoms with Crippen LogP contribution in [0.4, 0.5) is 0 Å². The topological polar surface area (TPSA) is 15.3 Å². The van der Waals surface area contributed by atoms with E-state index in [1.165, 1.54) is 11.3 Å². The van der Waals surface area contributed by atoms with E-state index in [9.17, 15) is 0 Å². The van der Waals surface area contributed by atoms with Crippen molar-refractivity contribution in [3.8, 4) is 0 Å². The average molecular weight is 295 g/mol. The van der Waals surface area contributed by atoms with Crippen LogP contribution >= 0.6 is 34.5 Å². The van der Waals surface area contributed by atoms with Crippen molar-refractivity contribution < 1.29 is 0 Å². The zero-order chi connectivity index (χ0) is 12.8. The molecule has 1 aromatic heterocycles. The first-order chi connectivity index (χ1) is 8.08. The summed E-state index contributed by atoms with van der Waals surface area (Å²) in [5, 5.41) is 3.47. The van der Waals surface area contributed by atoms with Crippen LogP contribution in [0, 0.1) is 0 Å². The molecule has 0 amide bonds. The van der Waals surface area contributed by atoms with Gasteiger partial charge in [0, 0.05) is 19.1 Å². The van der Waals surface area contributed by atoms with Crippen LogP contribution in [0.15, 0.2) is 6.07 Å². The summed E-state index contributed by atoms with van der Waals surface area (Å²) in [5.74, 6) is 0. The molecule has 0 spiro atoms. The molecule has 0 aliphatic rings. The number of halogens is 2. The lowest BCUT2D eigenvalue weighted by Gasteiger charge is -2.20. The molecule has 1 aromatic rings. The first-order valence-corrected chi connectivity index (χ1v) is 7.56. The van der Waals surface area contributed by atoms with Gasteiger partial charge in [0.2, 0.25) is 0 Å². The summed E-state index contributed by atoms with van der Waals surface area (Å²) in [4.78, 5) is 2.39. The highest BCUT2D eigenvalue weighted by molar-refractivity contribution is 7.20. The molecule has 0 bridgehead atoms. The molecule has 1 rings (SSSR count). The second-order valence-electron chi connectivity index (χ2n) is 3.98. The fourth-order valence-corrected chi connectivity index (χ4v) is 3.38. The van der Waals surface area contributed by atoms with Crippen molar-refractivity contribution in [1.29, 1.82) is 0 Å². The van der Waals surface area contributed by atoms with Crippen molar-refractivity contribution in [1.82, 2.24) is 10.2 Å². The number of likely N-dealkylation sites (N-methyl/N-ethyl adjacent to an activating group) is 1. The van der Waals surface area contributed by atoms with E-state index < -0.39 is 0 Å². The van der Waals surface area contributed by atoms with Crippen molar-refractivity contribution in [2.45, 2.75) is 26.8 Å². The van der Waals surface area contributed by atoms with Gasteiger partial charge in [-0.05, 0) is 31.6 Å². The van der Waals surface area contributed by atoms with Crippen LogP contribution in [0.3, 0.4) is 0 Å². The molecule has 17 heavy (non-hydrogen) atoms. The highest BCUT2D eigenvalue weighted by Crippen LogP contribution is 2.34. The molecule has 1 heterocycles. The van der Waals surface area contributed by atoms with Crippen molar-refractivity contribution >= 4 is 34.5 Å². The lowest BCUT2D eigenvalue weighted by molar-refractivity contribution is 0.298. The van der Waals surface area contributed by atoms with Crippen LogP contribution < -0.4 is 5.32 Å². The summed E-state index contributed by atoms with van der Waals surface area (Å²) in [6.07, 6.45) is 0. The van der Waals surface area contributed by atoms with Crippen LogP contribution in [0.2, 0.25) is 8.67 Å². The average Bonchev–Trinajstić information content (AvgIpc) is 2.64. The molecule has 0 aliphatic heterocycles. The summed E-state index contributed by atoms with van der Waals surface area (Å²) < 4.78 is 1.54. The summed E-state index contributed by atoms with van der Waals surface area (Å²) in [7, 11) is 0. The Kier molecular flexibility index (Phi) is 6.82.